The van der Waals surface area contributed by atoms with Crippen LogP contribution in [0.3, 0.4) is 0 Å². The van der Waals surface area contributed by atoms with E-state index in [2.05, 4.69) is 91.1 Å². The number of halogens is 1. The lowest BCUT2D eigenvalue weighted by atomic mass is 9.77. The van der Waals surface area contributed by atoms with Crippen molar-refractivity contribution in [3.63, 3.8) is 0 Å². The van der Waals surface area contributed by atoms with Crippen LogP contribution < -0.4 is 25.8 Å². The molecule has 3 aliphatic rings. The van der Waals surface area contributed by atoms with Gasteiger partial charge >= 0.3 is 0 Å². The Hall–Kier alpha value is -3.32. The lowest BCUT2D eigenvalue weighted by Gasteiger charge is -2.36. The van der Waals surface area contributed by atoms with E-state index in [1.54, 1.807) is 0 Å². The van der Waals surface area contributed by atoms with Crippen molar-refractivity contribution in [1.82, 2.24) is 4.98 Å². The SMILES string of the molecule is CC1(C)C=c2ccccc2=C(C2=Nc3c(ccc4ccc(I)nc34)OC23C=c2ccccc2=N3)C1. The van der Waals surface area contributed by atoms with Crippen molar-refractivity contribution in [1.29, 1.82) is 0 Å². The van der Waals surface area contributed by atoms with Crippen molar-refractivity contribution in [2.75, 3.05) is 0 Å². The van der Waals surface area contributed by atoms with Crippen LogP contribution in [-0.2, 0) is 0 Å². The van der Waals surface area contributed by atoms with Gasteiger partial charge in [-0.2, -0.15) is 0 Å². The fourth-order valence-corrected chi connectivity index (χ4v) is 5.87. The normalized spacial score (nSPS) is 21.1. The van der Waals surface area contributed by atoms with Gasteiger partial charge in [-0.05, 0) is 80.8 Å². The molecule has 5 heteroatoms. The molecule has 4 nitrogen and oxygen atoms in total. The molecule has 0 amide bonds. The third kappa shape index (κ3) is 3.28. The number of nitrogens with zero attached hydrogens (tertiary/aromatic N) is 3. The number of pyridine rings is 1. The molecule has 170 valence electrons. The Morgan fingerprint density at radius 3 is 2.49 bits per heavy atom. The van der Waals surface area contributed by atoms with Crippen LogP contribution in [0.25, 0.3) is 28.6 Å². The summed E-state index contributed by atoms with van der Waals surface area (Å²) in [5.74, 6) is 0.707. The molecule has 1 unspecified atom stereocenters. The summed E-state index contributed by atoms with van der Waals surface area (Å²) < 4.78 is 7.76. The second-order valence-corrected chi connectivity index (χ2v) is 11.2. The van der Waals surface area contributed by atoms with E-state index in [1.807, 2.05) is 30.3 Å². The number of hydrogen-bond acceptors (Lipinski definition) is 4. The molecule has 1 atom stereocenters. The van der Waals surface area contributed by atoms with Gasteiger partial charge in [-0.3, -0.25) is 0 Å². The van der Waals surface area contributed by atoms with E-state index in [0.29, 0.717) is 5.75 Å². The number of rotatable bonds is 1. The maximum atomic E-state index is 6.83. The molecule has 0 bridgehead atoms. The maximum absolute atomic E-state index is 6.83. The van der Waals surface area contributed by atoms with Gasteiger partial charge in [0.1, 0.15) is 20.6 Å². The molecule has 1 aromatic heterocycles. The number of benzene rings is 3. The zero-order chi connectivity index (χ0) is 23.8. The minimum absolute atomic E-state index is 0.0223. The van der Waals surface area contributed by atoms with Gasteiger partial charge in [0, 0.05) is 10.6 Å². The summed E-state index contributed by atoms with van der Waals surface area (Å²) in [6.07, 6.45) is 5.33. The molecule has 35 heavy (non-hydrogen) atoms. The standard InChI is InChI=1S/C30H22IN3O/c1-29(2)15-19-7-3-5-9-21(19)22(17-29)28-30(16-20-8-4-6-10-23(20)34-30)35-24-13-11-18-12-14-25(31)32-26(18)27(24)33-28/h3-16H,17H2,1-2H3. The van der Waals surface area contributed by atoms with Crippen LogP contribution in [-0.4, -0.2) is 16.4 Å². The molecule has 0 fully saturated rings. The van der Waals surface area contributed by atoms with Crippen LogP contribution in [0.5, 0.6) is 5.75 Å². The minimum Gasteiger partial charge on any atom is -0.454 e. The summed E-state index contributed by atoms with van der Waals surface area (Å²) in [4.78, 5) is 15.4. The molecule has 7 rings (SSSR count). The van der Waals surface area contributed by atoms with Crippen LogP contribution in [0.15, 0.2) is 82.8 Å². The van der Waals surface area contributed by atoms with E-state index in [1.165, 1.54) is 16.0 Å². The molecule has 1 spiro atoms. The van der Waals surface area contributed by atoms with E-state index < -0.39 is 5.72 Å². The van der Waals surface area contributed by atoms with Crippen molar-refractivity contribution in [2.45, 2.75) is 26.0 Å². The zero-order valence-corrected chi connectivity index (χ0v) is 21.6. The topological polar surface area (TPSA) is 46.8 Å². The van der Waals surface area contributed by atoms with Gasteiger partial charge in [0.2, 0.25) is 0 Å². The fourth-order valence-electron chi connectivity index (χ4n) is 5.45. The molecule has 0 radical (unpaired) electrons. The quantitative estimate of drug-likeness (QED) is 0.256. The van der Waals surface area contributed by atoms with Gasteiger partial charge in [0.05, 0.1) is 5.36 Å². The molecule has 4 aromatic rings. The first kappa shape index (κ1) is 21.0. The maximum Gasteiger partial charge on any atom is 0.264 e. The number of ether oxygens (including phenoxy) is 1. The summed E-state index contributed by atoms with van der Waals surface area (Å²) >= 11 is 2.25. The minimum atomic E-state index is -1.01. The first-order valence-electron chi connectivity index (χ1n) is 11.8. The van der Waals surface area contributed by atoms with E-state index in [-0.39, 0.29) is 5.41 Å². The van der Waals surface area contributed by atoms with Gasteiger partial charge in [0.15, 0.2) is 5.75 Å². The summed E-state index contributed by atoms with van der Waals surface area (Å²) in [6.45, 7) is 4.55. The lowest BCUT2D eigenvalue weighted by molar-refractivity contribution is 0.214. The summed E-state index contributed by atoms with van der Waals surface area (Å²) in [5.41, 5.74) is 2.62. The zero-order valence-electron chi connectivity index (χ0n) is 19.4. The average Bonchev–Trinajstić information content (AvgIpc) is 3.20. The second-order valence-electron chi connectivity index (χ2n) is 10.1. The van der Waals surface area contributed by atoms with Gasteiger partial charge in [-0.25, -0.2) is 15.0 Å². The largest absolute Gasteiger partial charge is 0.454 e. The van der Waals surface area contributed by atoms with E-state index >= 15 is 0 Å². The Labute approximate surface area is 216 Å². The third-order valence-corrected chi connectivity index (χ3v) is 7.52. The van der Waals surface area contributed by atoms with Crippen molar-refractivity contribution in [3.8, 4) is 5.75 Å². The van der Waals surface area contributed by atoms with Crippen LogP contribution in [0.4, 0.5) is 5.69 Å². The highest BCUT2D eigenvalue weighted by Gasteiger charge is 2.45. The van der Waals surface area contributed by atoms with Crippen molar-refractivity contribution < 1.29 is 4.74 Å². The highest BCUT2D eigenvalue weighted by Crippen LogP contribution is 2.45. The van der Waals surface area contributed by atoms with E-state index in [4.69, 9.17) is 19.7 Å². The molecule has 1 aliphatic carbocycles. The Bertz CT molecular complexity index is 1820. The number of para-hydroxylation sites is 1. The van der Waals surface area contributed by atoms with Crippen LogP contribution in [0, 0.1) is 9.12 Å². The summed E-state index contributed by atoms with van der Waals surface area (Å²) in [7, 11) is 0. The Kier molecular flexibility index (Phi) is 4.40. The van der Waals surface area contributed by atoms with Crippen LogP contribution in [0.1, 0.15) is 20.3 Å². The Morgan fingerprint density at radius 2 is 1.63 bits per heavy atom. The molecule has 3 aromatic carbocycles. The molecule has 0 saturated carbocycles. The summed E-state index contributed by atoms with van der Waals surface area (Å²) in [5, 5.41) is 5.45. The highest BCUT2D eigenvalue weighted by molar-refractivity contribution is 14.1. The van der Waals surface area contributed by atoms with E-state index in [9.17, 15) is 0 Å². The summed E-state index contributed by atoms with van der Waals surface area (Å²) in [6, 6.07) is 24.9. The Morgan fingerprint density at radius 1 is 0.857 bits per heavy atom. The molecule has 2 aliphatic heterocycles. The van der Waals surface area contributed by atoms with Crippen molar-refractivity contribution in [2.24, 2.45) is 15.4 Å². The Balaban J connectivity index is 1.60. The number of aromatic nitrogens is 1. The van der Waals surface area contributed by atoms with Gasteiger partial charge in [-0.15, -0.1) is 0 Å². The third-order valence-electron chi connectivity index (χ3n) is 6.92. The predicted molar refractivity (Wildman–Crippen MR) is 149 cm³/mol. The smallest absolute Gasteiger partial charge is 0.264 e. The van der Waals surface area contributed by atoms with Gasteiger partial charge in [-0.1, -0.05) is 68.5 Å². The first-order valence-corrected chi connectivity index (χ1v) is 12.9. The molecular formula is C30H22IN3O. The first-order chi connectivity index (χ1) is 16.9. The van der Waals surface area contributed by atoms with Crippen molar-refractivity contribution >= 4 is 62.6 Å². The lowest BCUT2D eigenvalue weighted by Crippen LogP contribution is -2.47. The number of fused-ring (bicyclic) bond motifs is 5. The van der Waals surface area contributed by atoms with Crippen LogP contribution >= 0.6 is 22.6 Å². The van der Waals surface area contributed by atoms with E-state index in [0.717, 1.165) is 43.0 Å². The highest BCUT2D eigenvalue weighted by atomic mass is 127. The molecular weight excluding hydrogens is 545 g/mol. The molecule has 3 heterocycles. The predicted octanol–water partition coefficient (Wildman–Crippen LogP) is 4.18. The van der Waals surface area contributed by atoms with Crippen molar-refractivity contribution in [3.05, 3.63) is 97.5 Å². The van der Waals surface area contributed by atoms with Crippen LogP contribution in [0.2, 0.25) is 0 Å². The second kappa shape index (κ2) is 7.34. The number of aliphatic imine (C=N–C) groups is 1. The fraction of sp³-hybridized carbons (Fsp3) is 0.167. The molecule has 0 N–H and O–H groups in total. The van der Waals surface area contributed by atoms with Gasteiger partial charge < -0.3 is 4.74 Å². The monoisotopic (exact) mass is 567 g/mol. The average molecular weight is 567 g/mol. The molecule has 0 saturated heterocycles. The van der Waals surface area contributed by atoms with Gasteiger partial charge in [0.25, 0.3) is 5.72 Å². The number of hydrogen-bond donors (Lipinski definition) is 0.